The SMILES string of the molecule is CCN1C(=O)CS/C1=C(/C#N)c1ccc(Br)cc1. The van der Waals surface area contributed by atoms with Gasteiger partial charge in [-0.15, -0.1) is 0 Å². The van der Waals surface area contributed by atoms with Gasteiger partial charge >= 0.3 is 0 Å². The summed E-state index contributed by atoms with van der Waals surface area (Å²) in [4.78, 5) is 13.3. The van der Waals surface area contributed by atoms with E-state index in [4.69, 9.17) is 0 Å². The number of rotatable bonds is 2. The molecule has 1 aromatic carbocycles. The van der Waals surface area contributed by atoms with Gasteiger partial charge in [0.1, 0.15) is 6.07 Å². The second-order valence-electron chi connectivity index (χ2n) is 3.73. The van der Waals surface area contributed by atoms with E-state index in [1.165, 1.54) is 11.8 Å². The van der Waals surface area contributed by atoms with Crippen molar-refractivity contribution in [2.24, 2.45) is 0 Å². The normalized spacial score (nSPS) is 17.8. The predicted octanol–water partition coefficient (Wildman–Crippen LogP) is 3.24. The minimum Gasteiger partial charge on any atom is -0.305 e. The van der Waals surface area contributed by atoms with Gasteiger partial charge in [0.2, 0.25) is 5.91 Å². The number of nitriles is 1. The molecule has 1 saturated heterocycles. The third-order valence-electron chi connectivity index (χ3n) is 2.65. The first-order valence-electron chi connectivity index (χ1n) is 5.50. The Hall–Kier alpha value is -1.25. The number of carbonyl (C=O) groups excluding carboxylic acids is 1. The van der Waals surface area contributed by atoms with Gasteiger partial charge in [-0.05, 0) is 24.6 Å². The number of hydrogen-bond acceptors (Lipinski definition) is 3. The fraction of sp³-hybridized carbons (Fsp3) is 0.231. The Morgan fingerprint density at radius 3 is 2.72 bits per heavy atom. The van der Waals surface area contributed by atoms with Gasteiger partial charge in [-0.2, -0.15) is 5.26 Å². The minimum absolute atomic E-state index is 0.0716. The zero-order valence-electron chi connectivity index (χ0n) is 9.81. The van der Waals surface area contributed by atoms with Crippen molar-refractivity contribution in [3.63, 3.8) is 0 Å². The van der Waals surface area contributed by atoms with Crippen LogP contribution in [0.2, 0.25) is 0 Å². The smallest absolute Gasteiger partial charge is 0.237 e. The second-order valence-corrected chi connectivity index (χ2v) is 5.61. The Labute approximate surface area is 119 Å². The molecule has 0 unspecified atom stereocenters. The molecule has 0 aliphatic carbocycles. The van der Waals surface area contributed by atoms with E-state index >= 15 is 0 Å². The van der Waals surface area contributed by atoms with Gasteiger partial charge in [-0.1, -0.05) is 39.8 Å². The summed E-state index contributed by atoms with van der Waals surface area (Å²) in [7, 11) is 0. The second kappa shape index (κ2) is 5.59. The summed E-state index contributed by atoms with van der Waals surface area (Å²) in [6.45, 7) is 2.52. The van der Waals surface area contributed by atoms with Gasteiger partial charge in [0, 0.05) is 11.0 Å². The van der Waals surface area contributed by atoms with Crippen LogP contribution in [0.3, 0.4) is 0 Å². The number of nitrogens with zero attached hydrogens (tertiary/aromatic N) is 2. The van der Waals surface area contributed by atoms with E-state index in [0.29, 0.717) is 17.9 Å². The molecule has 3 nitrogen and oxygen atoms in total. The molecule has 1 fully saturated rings. The quantitative estimate of drug-likeness (QED) is 0.785. The van der Waals surface area contributed by atoms with Gasteiger partial charge in [0.05, 0.1) is 16.4 Å². The molecule has 1 aliphatic heterocycles. The number of thioether (sulfide) groups is 1. The van der Waals surface area contributed by atoms with Crippen molar-refractivity contribution in [3.05, 3.63) is 39.3 Å². The summed E-state index contributed by atoms with van der Waals surface area (Å²) in [5.74, 6) is 0.493. The average Bonchev–Trinajstić information content (AvgIpc) is 2.74. The molecule has 0 saturated carbocycles. The van der Waals surface area contributed by atoms with E-state index in [9.17, 15) is 10.1 Å². The summed E-state index contributed by atoms with van der Waals surface area (Å²) >= 11 is 4.80. The summed E-state index contributed by atoms with van der Waals surface area (Å²) in [6, 6.07) is 9.77. The molecule has 0 N–H and O–H groups in total. The lowest BCUT2D eigenvalue weighted by atomic mass is 10.1. The Bertz CT molecular complexity index is 545. The highest BCUT2D eigenvalue weighted by molar-refractivity contribution is 9.10. The van der Waals surface area contributed by atoms with Crippen LogP contribution in [0.5, 0.6) is 0 Å². The van der Waals surface area contributed by atoms with Gasteiger partial charge < -0.3 is 4.90 Å². The largest absolute Gasteiger partial charge is 0.305 e. The molecule has 0 aromatic heterocycles. The van der Waals surface area contributed by atoms with Crippen LogP contribution in [0, 0.1) is 11.3 Å². The van der Waals surface area contributed by atoms with Crippen LogP contribution in [0.25, 0.3) is 5.57 Å². The maximum atomic E-state index is 11.7. The van der Waals surface area contributed by atoms with E-state index in [-0.39, 0.29) is 5.91 Å². The third kappa shape index (κ3) is 2.45. The van der Waals surface area contributed by atoms with E-state index in [1.807, 2.05) is 31.2 Å². The van der Waals surface area contributed by atoms with E-state index < -0.39 is 0 Å². The lowest BCUT2D eigenvalue weighted by Crippen LogP contribution is -2.24. The minimum atomic E-state index is 0.0716. The van der Waals surface area contributed by atoms with Crippen LogP contribution in [-0.2, 0) is 4.79 Å². The molecule has 1 aliphatic rings. The van der Waals surface area contributed by atoms with Crippen LogP contribution >= 0.6 is 27.7 Å². The van der Waals surface area contributed by atoms with E-state index in [2.05, 4.69) is 22.0 Å². The Kier molecular flexibility index (Phi) is 4.10. The first kappa shape index (κ1) is 13.2. The molecule has 0 bridgehead atoms. The summed E-state index contributed by atoms with van der Waals surface area (Å²) < 4.78 is 0.969. The van der Waals surface area contributed by atoms with Crippen molar-refractivity contribution in [3.8, 4) is 6.07 Å². The summed E-state index contributed by atoms with van der Waals surface area (Å²) in [6.07, 6.45) is 0. The van der Waals surface area contributed by atoms with Crippen molar-refractivity contribution in [1.82, 2.24) is 4.90 Å². The number of halogens is 1. The zero-order valence-corrected chi connectivity index (χ0v) is 12.2. The Morgan fingerprint density at radius 1 is 1.50 bits per heavy atom. The van der Waals surface area contributed by atoms with Crippen molar-refractivity contribution >= 4 is 39.2 Å². The molecule has 2 rings (SSSR count). The average molecular weight is 323 g/mol. The van der Waals surface area contributed by atoms with Crippen LogP contribution in [-0.4, -0.2) is 23.1 Å². The molecule has 5 heteroatoms. The molecule has 18 heavy (non-hydrogen) atoms. The van der Waals surface area contributed by atoms with Gasteiger partial charge in [-0.25, -0.2) is 0 Å². The molecule has 1 amide bonds. The first-order chi connectivity index (χ1) is 8.67. The fourth-order valence-electron chi connectivity index (χ4n) is 1.78. The topological polar surface area (TPSA) is 44.1 Å². The maximum absolute atomic E-state index is 11.7. The van der Waals surface area contributed by atoms with Crippen molar-refractivity contribution < 1.29 is 4.79 Å². The van der Waals surface area contributed by atoms with E-state index in [0.717, 1.165) is 15.1 Å². The third-order valence-corrected chi connectivity index (χ3v) is 4.27. The van der Waals surface area contributed by atoms with E-state index in [1.54, 1.807) is 4.90 Å². The van der Waals surface area contributed by atoms with Crippen LogP contribution in [0.15, 0.2) is 33.8 Å². The molecule has 1 heterocycles. The lowest BCUT2D eigenvalue weighted by Gasteiger charge is -2.15. The number of allylic oxidation sites excluding steroid dienone is 1. The first-order valence-corrected chi connectivity index (χ1v) is 7.28. The molecule has 0 radical (unpaired) electrons. The molecular formula is C13H11BrN2OS. The van der Waals surface area contributed by atoms with Crippen LogP contribution < -0.4 is 0 Å². The Balaban J connectivity index is 2.48. The highest BCUT2D eigenvalue weighted by atomic mass is 79.9. The number of hydrogen-bond donors (Lipinski definition) is 0. The highest BCUT2D eigenvalue weighted by Crippen LogP contribution is 2.35. The molecule has 0 spiro atoms. The maximum Gasteiger partial charge on any atom is 0.237 e. The van der Waals surface area contributed by atoms with Crippen molar-refractivity contribution in [2.75, 3.05) is 12.3 Å². The molecule has 0 atom stereocenters. The van der Waals surface area contributed by atoms with Gasteiger partial charge in [0.15, 0.2) is 0 Å². The van der Waals surface area contributed by atoms with Gasteiger partial charge in [0.25, 0.3) is 0 Å². The van der Waals surface area contributed by atoms with Crippen molar-refractivity contribution in [1.29, 1.82) is 5.26 Å². The van der Waals surface area contributed by atoms with Gasteiger partial charge in [-0.3, -0.25) is 4.79 Å². The fourth-order valence-corrected chi connectivity index (χ4v) is 3.15. The number of benzene rings is 1. The molecule has 1 aromatic rings. The zero-order chi connectivity index (χ0) is 13.1. The Morgan fingerprint density at radius 2 is 2.17 bits per heavy atom. The summed E-state index contributed by atoms with van der Waals surface area (Å²) in [5, 5.41) is 10.1. The summed E-state index contributed by atoms with van der Waals surface area (Å²) in [5.41, 5.74) is 1.41. The number of amides is 1. The van der Waals surface area contributed by atoms with Crippen LogP contribution in [0.4, 0.5) is 0 Å². The molecule has 92 valence electrons. The molecular weight excluding hydrogens is 312 g/mol. The van der Waals surface area contributed by atoms with Crippen molar-refractivity contribution in [2.45, 2.75) is 6.92 Å². The lowest BCUT2D eigenvalue weighted by molar-refractivity contribution is -0.125. The number of carbonyl (C=O) groups is 1. The standard InChI is InChI=1S/C13H11BrN2OS/c1-2-16-12(17)8-18-13(16)11(7-15)9-3-5-10(14)6-4-9/h3-6H,2,8H2,1H3/b13-11-. The predicted molar refractivity (Wildman–Crippen MR) is 76.5 cm³/mol. The monoisotopic (exact) mass is 322 g/mol. The van der Waals surface area contributed by atoms with Crippen LogP contribution in [0.1, 0.15) is 12.5 Å². The highest BCUT2D eigenvalue weighted by Gasteiger charge is 2.28.